The zero-order valence-corrected chi connectivity index (χ0v) is 17.7. The van der Waals surface area contributed by atoms with Gasteiger partial charge in [-0.3, -0.25) is 0 Å². The van der Waals surface area contributed by atoms with Crippen molar-refractivity contribution in [2.75, 3.05) is 13.2 Å². The normalized spacial score (nSPS) is 18.5. The monoisotopic (exact) mass is 374 g/mol. The van der Waals surface area contributed by atoms with Gasteiger partial charge in [0.1, 0.15) is 0 Å². The van der Waals surface area contributed by atoms with Crippen molar-refractivity contribution in [3.63, 3.8) is 0 Å². The fraction of sp³-hybridized carbons (Fsp3) is 0.760. The highest BCUT2D eigenvalue weighted by Gasteiger charge is 2.13. The molecule has 1 heterocycles. The maximum atomic E-state index is 5.79. The number of hydrogen-bond acceptors (Lipinski definition) is 2. The number of rotatable bonds is 15. The summed E-state index contributed by atoms with van der Waals surface area (Å²) in [7, 11) is 0. The van der Waals surface area contributed by atoms with E-state index in [1.54, 1.807) is 0 Å². The Bertz CT molecular complexity index is 439. The van der Waals surface area contributed by atoms with Crippen molar-refractivity contribution in [2.45, 2.75) is 103 Å². The third kappa shape index (κ3) is 11.5. The van der Waals surface area contributed by atoms with Crippen LogP contribution in [-0.4, -0.2) is 19.5 Å². The third-order valence-corrected chi connectivity index (χ3v) is 5.79. The standard InChI is InChI=1S/C25H42O2/c1-23(16-14-19-24-17-9-7-10-18-24)15-8-5-3-2-4-6-12-21-26-25-20-11-13-22-27-25/h7,9-10,17-18,23,25H,2-6,8,11-16,19-22H2,1H3. The molecule has 2 heteroatoms. The number of unbranched alkanes of at least 4 members (excludes halogenated alkanes) is 6. The number of benzene rings is 1. The lowest BCUT2D eigenvalue weighted by molar-refractivity contribution is -0.162. The minimum absolute atomic E-state index is 0.0911. The van der Waals surface area contributed by atoms with Gasteiger partial charge in [0, 0.05) is 13.2 Å². The van der Waals surface area contributed by atoms with Gasteiger partial charge in [0.2, 0.25) is 0 Å². The smallest absolute Gasteiger partial charge is 0.157 e. The molecule has 0 bridgehead atoms. The van der Waals surface area contributed by atoms with Gasteiger partial charge in [-0.05, 0) is 50.0 Å². The molecule has 1 aromatic rings. The molecule has 2 atom stereocenters. The molecular weight excluding hydrogens is 332 g/mol. The predicted molar refractivity (Wildman–Crippen MR) is 115 cm³/mol. The number of ether oxygens (including phenoxy) is 2. The van der Waals surface area contributed by atoms with Gasteiger partial charge in [-0.25, -0.2) is 0 Å². The van der Waals surface area contributed by atoms with Gasteiger partial charge in [-0.2, -0.15) is 0 Å². The number of aryl methyl sites for hydroxylation is 1. The van der Waals surface area contributed by atoms with Crippen LogP contribution in [0.2, 0.25) is 0 Å². The SMILES string of the molecule is CC(CCCCCCCCCOC1CCCCO1)CCCc1ccccc1. The average molecular weight is 375 g/mol. The zero-order chi connectivity index (χ0) is 19.0. The average Bonchev–Trinajstić information content (AvgIpc) is 2.71. The van der Waals surface area contributed by atoms with Crippen molar-refractivity contribution in [1.82, 2.24) is 0 Å². The summed E-state index contributed by atoms with van der Waals surface area (Å²) >= 11 is 0. The van der Waals surface area contributed by atoms with Crippen LogP contribution in [0.15, 0.2) is 30.3 Å². The maximum Gasteiger partial charge on any atom is 0.157 e. The molecule has 0 aromatic heterocycles. The van der Waals surface area contributed by atoms with Gasteiger partial charge in [0.25, 0.3) is 0 Å². The van der Waals surface area contributed by atoms with Crippen molar-refractivity contribution in [3.8, 4) is 0 Å². The lowest BCUT2D eigenvalue weighted by atomic mass is 9.95. The van der Waals surface area contributed by atoms with Crippen LogP contribution in [0.5, 0.6) is 0 Å². The van der Waals surface area contributed by atoms with Crippen molar-refractivity contribution in [1.29, 1.82) is 0 Å². The highest BCUT2D eigenvalue weighted by atomic mass is 16.7. The van der Waals surface area contributed by atoms with E-state index >= 15 is 0 Å². The second-order valence-corrected chi connectivity index (χ2v) is 8.41. The summed E-state index contributed by atoms with van der Waals surface area (Å²) in [5, 5.41) is 0. The largest absolute Gasteiger partial charge is 0.353 e. The summed E-state index contributed by atoms with van der Waals surface area (Å²) < 4.78 is 11.4. The minimum Gasteiger partial charge on any atom is -0.353 e. The fourth-order valence-corrected chi connectivity index (χ4v) is 3.98. The van der Waals surface area contributed by atoms with Crippen LogP contribution in [-0.2, 0) is 15.9 Å². The van der Waals surface area contributed by atoms with Gasteiger partial charge < -0.3 is 9.47 Å². The van der Waals surface area contributed by atoms with E-state index in [1.165, 1.54) is 89.0 Å². The van der Waals surface area contributed by atoms with Gasteiger partial charge in [-0.15, -0.1) is 0 Å². The first-order valence-electron chi connectivity index (χ1n) is 11.6. The molecule has 0 N–H and O–H groups in total. The first kappa shape index (κ1) is 22.4. The molecule has 2 rings (SSSR count). The predicted octanol–water partition coefficient (Wildman–Crippen LogP) is 7.31. The molecule has 154 valence electrons. The van der Waals surface area contributed by atoms with Crippen molar-refractivity contribution < 1.29 is 9.47 Å². The summed E-state index contributed by atoms with van der Waals surface area (Å²) in [6.07, 6.45) is 18.5. The van der Waals surface area contributed by atoms with Crippen LogP contribution >= 0.6 is 0 Å². The van der Waals surface area contributed by atoms with Crippen LogP contribution < -0.4 is 0 Å². The van der Waals surface area contributed by atoms with Gasteiger partial charge in [-0.1, -0.05) is 88.6 Å². The van der Waals surface area contributed by atoms with Gasteiger partial charge in [0.15, 0.2) is 6.29 Å². The Kier molecular flexibility index (Phi) is 12.6. The number of hydrogen-bond donors (Lipinski definition) is 0. The maximum absolute atomic E-state index is 5.79. The molecule has 0 radical (unpaired) electrons. The van der Waals surface area contributed by atoms with E-state index in [4.69, 9.17) is 9.47 Å². The van der Waals surface area contributed by atoms with Crippen LogP contribution in [0.4, 0.5) is 0 Å². The summed E-state index contributed by atoms with van der Waals surface area (Å²) in [6.45, 7) is 4.20. The molecule has 1 aliphatic heterocycles. The first-order chi connectivity index (χ1) is 13.3. The second-order valence-electron chi connectivity index (χ2n) is 8.41. The Labute approximate surface area is 168 Å². The van der Waals surface area contributed by atoms with Crippen LogP contribution in [0.1, 0.15) is 96.0 Å². The van der Waals surface area contributed by atoms with E-state index in [9.17, 15) is 0 Å². The van der Waals surface area contributed by atoms with Crippen molar-refractivity contribution in [2.24, 2.45) is 5.92 Å². The molecule has 0 aliphatic carbocycles. The minimum atomic E-state index is 0.0911. The van der Waals surface area contributed by atoms with E-state index in [0.717, 1.165) is 25.6 Å². The topological polar surface area (TPSA) is 18.5 Å². The molecule has 0 saturated carbocycles. The van der Waals surface area contributed by atoms with Crippen LogP contribution in [0.25, 0.3) is 0 Å². The Balaban J connectivity index is 1.31. The summed E-state index contributed by atoms with van der Waals surface area (Å²) in [6, 6.07) is 10.9. The zero-order valence-electron chi connectivity index (χ0n) is 17.7. The van der Waals surface area contributed by atoms with Gasteiger partial charge in [0.05, 0.1) is 0 Å². The Morgan fingerprint density at radius 1 is 0.889 bits per heavy atom. The van der Waals surface area contributed by atoms with E-state index in [1.807, 2.05) is 0 Å². The Morgan fingerprint density at radius 2 is 1.59 bits per heavy atom. The molecule has 1 aromatic carbocycles. The molecule has 1 aliphatic rings. The summed E-state index contributed by atoms with van der Waals surface area (Å²) in [5.74, 6) is 0.882. The van der Waals surface area contributed by atoms with Crippen molar-refractivity contribution in [3.05, 3.63) is 35.9 Å². The quantitative estimate of drug-likeness (QED) is 0.300. The highest BCUT2D eigenvalue weighted by molar-refractivity contribution is 5.14. The molecule has 2 nitrogen and oxygen atoms in total. The third-order valence-electron chi connectivity index (χ3n) is 5.79. The lowest BCUT2D eigenvalue weighted by Crippen LogP contribution is -2.22. The van der Waals surface area contributed by atoms with E-state index < -0.39 is 0 Å². The molecular formula is C25H42O2. The van der Waals surface area contributed by atoms with E-state index in [-0.39, 0.29) is 6.29 Å². The van der Waals surface area contributed by atoms with Gasteiger partial charge >= 0.3 is 0 Å². The summed E-state index contributed by atoms with van der Waals surface area (Å²) in [4.78, 5) is 0. The van der Waals surface area contributed by atoms with E-state index in [0.29, 0.717) is 0 Å². The lowest BCUT2D eigenvalue weighted by Gasteiger charge is -2.22. The molecule has 27 heavy (non-hydrogen) atoms. The molecule has 0 spiro atoms. The Morgan fingerprint density at radius 3 is 2.33 bits per heavy atom. The summed E-state index contributed by atoms with van der Waals surface area (Å²) in [5.41, 5.74) is 1.49. The molecule has 2 unspecified atom stereocenters. The molecule has 0 amide bonds. The second kappa shape index (κ2) is 15.1. The van der Waals surface area contributed by atoms with E-state index in [2.05, 4.69) is 37.3 Å². The highest BCUT2D eigenvalue weighted by Crippen LogP contribution is 2.18. The molecule has 1 fully saturated rings. The van der Waals surface area contributed by atoms with Crippen LogP contribution in [0.3, 0.4) is 0 Å². The first-order valence-corrected chi connectivity index (χ1v) is 11.6. The van der Waals surface area contributed by atoms with Crippen molar-refractivity contribution >= 4 is 0 Å². The van der Waals surface area contributed by atoms with Crippen LogP contribution in [0, 0.1) is 5.92 Å². The fourth-order valence-electron chi connectivity index (χ4n) is 3.98. The Hall–Kier alpha value is -0.860. The molecule has 1 saturated heterocycles.